The first-order valence-electron chi connectivity index (χ1n) is 8.72. The van der Waals surface area contributed by atoms with Crippen molar-refractivity contribution in [2.24, 2.45) is 5.41 Å². The first-order valence-corrected chi connectivity index (χ1v) is 10.2. The maximum Gasteiger partial charge on any atom is 0.273 e. The predicted molar refractivity (Wildman–Crippen MR) is 110 cm³/mol. The summed E-state index contributed by atoms with van der Waals surface area (Å²) in [4.78, 5) is 26.0. The molecule has 4 rings (SSSR count). The van der Waals surface area contributed by atoms with Gasteiger partial charge in [-0.1, -0.05) is 37.0 Å². The van der Waals surface area contributed by atoms with Crippen molar-refractivity contribution in [3.8, 4) is 11.4 Å². The molecule has 0 aromatic carbocycles. The van der Waals surface area contributed by atoms with Crippen LogP contribution in [0, 0.1) is 5.41 Å². The van der Waals surface area contributed by atoms with Gasteiger partial charge in [0.1, 0.15) is 9.36 Å². The van der Waals surface area contributed by atoms with Crippen LogP contribution in [0.4, 0.5) is 0 Å². The largest absolute Gasteiger partial charge is 0.344 e. The maximum absolute atomic E-state index is 12.7. The highest BCUT2D eigenvalue weighted by Gasteiger charge is 2.35. The van der Waals surface area contributed by atoms with Crippen LogP contribution in [0.3, 0.4) is 0 Å². The number of carbonyl (C=O) groups excluding carboxylic acids is 1. The van der Waals surface area contributed by atoms with Crippen LogP contribution in [-0.4, -0.2) is 25.2 Å². The van der Waals surface area contributed by atoms with E-state index in [9.17, 15) is 4.79 Å². The molecule has 0 saturated carbocycles. The molecule has 1 atom stereocenters. The Balaban J connectivity index is 1.67. The van der Waals surface area contributed by atoms with E-state index >= 15 is 0 Å². The molecule has 3 aromatic rings. The van der Waals surface area contributed by atoms with Crippen molar-refractivity contribution in [2.45, 2.75) is 32.7 Å². The number of halogens is 2. The summed E-state index contributed by atoms with van der Waals surface area (Å²) in [5.74, 6) is 0.304. The molecule has 6 nitrogen and oxygen atoms in total. The smallest absolute Gasteiger partial charge is 0.273 e. The van der Waals surface area contributed by atoms with E-state index in [4.69, 9.17) is 28.2 Å². The molecule has 0 aliphatic heterocycles. The van der Waals surface area contributed by atoms with E-state index in [1.54, 1.807) is 18.6 Å². The topological polar surface area (TPSA) is 80.7 Å². The Morgan fingerprint density at radius 1 is 1.29 bits per heavy atom. The standard InChI is InChI=1S/C19H17Cl2N5OS/c1-19(2)7-12-11(9-23-17(24-12)10-3-5-22-6-4-10)13(8-19)25-18(27)15-14(20)16(21)28-26-15/h3-6,9,13H,7-8H2,1-2H3,(H,25,27). The first-order chi connectivity index (χ1) is 13.3. The molecule has 0 radical (unpaired) electrons. The second-order valence-electron chi connectivity index (χ2n) is 7.52. The molecule has 28 heavy (non-hydrogen) atoms. The molecule has 3 heterocycles. The van der Waals surface area contributed by atoms with Crippen molar-refractivity contribution in [3.05, 3.63) is 57.0 Å². The Morgan fingerprint density at radius 2 is 2.04 bits per heavy atom. The van der Waals surface area contributed by atoms with Gasteiger partial charge >= 0.3 is 0 Å². The summed E-state index contributed by atoms with van der Waals surface area (Å²) >= 11 is 13.0. The third kappa shape index (κ3) is 3.74. The number of aromatic nitrogens is 4. The summed E-state index contributed by atoms with van der Waals surface area (Å²) in [5.41, 5.74) is 2.88. The number of nitrogens with one attached hydrogen (secondary N) is 1. The summed E-state index contributed by atoms with van der Waals surface area (Å²) in [5, 5.41) is 3.22. The lowest BCUT2D eigenvalue weighted by molar-refractivity contribution is 0.0915. The minimum absolute atomic E-state index is 0.0294. The van der Waals surface area contributed by atoms with Gasteiger partial charge in [0.25, 0.3) is 5.91 Å². The molecule has 0 bridgehead atoms. The lowest BCUT2D eigenvalue weighted by atomic mass is 9.74. The van der Waals surface area contributed by atoms with Crippen molar-refractivity contribution in [1.29, 1.82) is 0 Å². The Hall–Kier alpha value is -2.09. The van der Waals surface area contributed by atoms with Crippen molar-refractivity contribution >= 4 is 40.6 Å². The third-order valence-corrected chi connectivity index (χ3v) is 6.35. The maximum atomic E-state index is 12.7. The highest BCUT2D eigenvalue weighted by Crippen LogP contribution is 2.40. The molecule has 0 spiro atoms. The third-order valence-electron chi connectivity index (χ3n) is 4.73. The number of rotatable bonds is 3. The van der Waals surface area contributed by atoms with E-state index in [-0.39, 0.29) is 28.1 Å². The number of pyridine rings is 1. The van der Waals surface area contributed by atoms with Gasteiger partial charge in [0.05, 0.1) is 11.7 Å². The van der Waals surface area contributed by atoms with Gasteiger partial charge in [-0.05, 0) is 41.9 Å². The molecule has 0 fully saturated rings. The Kier molecular flexibility index (Phi) is 5.07. The van der Waals surface area contributed by atoms with Crippen LogP contribution in [0.5, 0.6) is 0 Å². The van der Waals surface area contributed by atoms with Crippen LogP contribution >= 0.6 is 34.7 Å². The van der Waals surface area contributed by atoms with Crippen LogP contribution < -0.4 is 5.32 Å². The molecule has 1 unspecified atom stereocenters. The Labute approximate surface area is 176 Å². The second-order valence-corrected chi connectivity index (χ2v) is 9.27. The zero-order chi connectivity index (χ0) is 19.9. The van der Waals surface area contributed by atoms with Crippen LogP contribution in [0.2, 0.25) is 9.36 Å². The molecular weight excluding hydrogens is 417 g/mol. The van der Waals surface area contributed by atoms with Crippen LogP contribution in [0.25, 0.3) is 11.4 Å². The van der Waals surface area contributed by atoms with Crippen LogP contribution in [0.15, 0.2) is 30.7 Å². The molecule has 1 aliphatic carbocycles. The fourth-order valence-electron chi connectivity index (χ4n) is 3.44. The van der Waals surface area contributed by atoms with Crippen molar-refractivity contribution in [3.63, 3.8) is 0 Å². The number of hydrogen-bond acceptors (Lipinski definition) is 6. The van der Waals surface area contributed by atoms with Gasteiger partial charge < -0.3 is 5.32 Å². The Morgan fingerprint density at radius 3 is 2.71 bits per heavy atom. The quantitative estimate of drug-likeness (QED) is 0.644. The van der Waals surface area contributed by atoms with Gasteiger partial charge in [-0.3, -0.25) is 9.78 Å². The monoisotopic (exact) mass is 433 g/mol. The van der Waals surface area contributed by atoms with E-state index < -0.39 is 0 Å². The van der Waals surface area contributed by atoms with Crippen molar-refractivity contribution in [1.82, 2.24) is 24.6 Å². The highest BCUT2D eigenvalue weighted by atomic mass is 35.5. The summed E-state index contributed by atoms with van der Waals surface area (Å²) in [6.07, 6.45) is 6.80. The summed E-state index contributed by atoms with van der Waals surface area (Å²) in [7, 11) is 0. The number of amides is 1. The average molecular weight is 434 g/mol. The molecule has 1 amide bonds. The molecule has 3 aromatic heterocycles. The molecule has 9 heteroatoms. The fourth-order valence-corrected chi connectivity index (χ4v) is 4.44. The summed E-state index contributed by atoms with van der Waals surface area (Å²) in [6, 6.07) is 3.53. The number of fused-ring (bicyclic) bond motifs is 1. The molecular formula is C19H17Cl2N5OS. The molecule has 1 aliphatic rings. The zero-order valence-corrected chi connectivity index (χ0v) is 17.6. The number of carbonyl (C=O) groups is 1. The average Bonchev–Trinajstić information content (AvgIpc) is 3.00. The number of hydrogen-bond donors (Lipinski definition) is 1. The second kappa shape index (κ2) is 7.39. The van der Waals surface area contributed by atoms with Crippen molar-refractivity contribution in [2.75, 3.05) is 0 Å². The lowest BCUT2D eigenvalue weighted by Gasteiger charge is -2.36. The fraction of sp³-hybridized carbons (Fsp3) is 0.316. The number of nitrogens with zero attached hydrogens (tertiary/aromatic N) is 4. The zero-order valence-electron chi connectivity index (χ0n) is 15.2. The van der Waals surface area contributed by atoms with E-state index in [0.29, 0.717) is 10.2 Å². The minimum atomic E-state index is -0.347. The molecule has 0 saturated heterocycles. The predicted octanol–water partition coefficient (Wildman–Crippen LogP) is 4.75. The van der Waals surface area contributed by atoms with E-state index in [1.165, 1.54) is 0 Å². The van der Waals surface area contributed by atoms with E-state index in [0.717, 1.165) is 41.2 Å². The van der Waals surface area contributed by atoms with Crippen LogP contribution in [-0.2, 0) is 6.42 Å². The first kappa shape index (κ1) is 19.2. The summed E-state index contributed by atoms with van der Waals surface area (Å²) in [6.45, 7) is 4.33. The minimum Gasteiger partial charge on any atom is -0.344 e. The Bertz CT molecular complexity index is 1040. The van der Waals surface area contributed by atoms with Crippen LogP contribution in [0.1, 0.15) is 48.1 Å². The van der Waals surface area contributed by atoms with E-state index in [2.05, 4.69) is 33.5 Å². The van der Waals surface area contributed by atoms with Gasteiger partial charge in [0.2, 0.25) is 0 Å². The SMILES string of the molecule is CC1(C)Cc2nc(-c3ccncc3)ncc2C(NC(=O)c2nsc(Cl)c2Cl)C1. The van der Waals surface area contributed by atoms with Gasteiger partial charge in [-0.25, -0.2) is 9.97 Å². The van der Waals surface area contributed by atoms with Gasteiger partial charge in [-0.2, -0.15) is 4.37 Å². The molecule has 144 valence electrons. The van der Waals surface area contributed by atoms with E-state index in [1.807, 2.05) is 12.1 Å². The normalized spacial score (nSPS) is 17.8. The van der Waals surface area contributed by atoms with Crippen molar-refractivity contribution < 1.29 is 4.79 Å². The van der Waals surface area contributed by atoms with Gasteiger partial charge in [-0.15, -0.1) is 0 Å². The van der Waals surface area contributed by atoms with Gasteiger partial charge in [0.15, 0.2) is 11.5 Å². The molecule has 1 N–H and O–H groups in total. The lowest BCUT2D eigenvalue weighted by Crippen LogP contribution is -2.37. The summed E-state index contributed by atoms with van der Waals surface area (Å²) < 4.78 is 4.36. The van der Waals surface area contributed by atoms with Gasteiger partial charge in [0, 0.05) is 29.7 Å². The highest BCUT2D eigenvalue weighted by molar-refractivity contribution is 7.11.